The number of hydrogen-bond acceptors (Lipinski definition) is 3. The lowest BCUT2D eigenvalue weighted by molar-refractivity contribution is 0.402. The predicted octanol–water partition coefficient (Wildman–Crippen LogP) is 4.86. The highest BCUT2D eigenvalue weighted by Gasteiger charge is 2.30. The van der Waals surface area contributed by atoms with E-state index in [0.717, 1.165) is 30.9 Å². The fraction of sp³-hybridized carbons (Fsp3) is 0.526. The van der Waals surface area contributed by atoms with E-state index in [0.29, 0.717) is 11.8 Å². The highest BCUT2D eigenvalue weighted by Crippen LogP contribution is 2.44. The molecule has 0 bridgehead atoms. The lowest BCUT2D eigenvalue weighted by Crippen LogP contribution is -2.24. The van der Waals surface area contributed by atoms with Crippen LogP contribution in [0.15, 0.2) is 29.0 Å². The predicted molar refractivity (Wildman–Crippen MR) is 90.7 cm³/mol. The monoisotopic (exact) mass is 298 g/mol. The average Bonchev–Trinajstić information content (AvgIpc) is 2.98. The molecule has 118 valence electrons. The van der Waals surface area contributed by atoms with Gasteiger partial charge >= 0.3 is 0 Å². The fourth-order valence-corrected chi connectivity index (χ4v) is 3.74. The lowest BCUT2D eigenvalue weighted by atomic mass is 9.75. The Morgan fingerprint density at radius 3 is 2.68 bits per heavy atom. The smallest absolute Gasteiger partial charge is 0.147 e. The van der Waals surface area contributed by atoms with Gasteiger partial charge in [0, 0.05) is 19.0 Å². The van der Waals surface area contributed by atoms with E-state index < -0.39 is 0 Å². The summed E-state index contributed by atoms with van der Waals surface area (Å²) in [6, 6.07) is 6.88. The Bertz CT molecular complexity index is 643. The van der Waals surface area contributed by atoms with Crippen LogP contribution in [0.3, 0.4) is 0 Å². The number of fused-ring (bicyclic) bond motifs is 1. The van der Waals surface area contributed by atoms with Gasteiger partial charge < -0.3 is 9.42 Å². The normalized spacial score (nSPS) is 20.7. The molecular weight excluding hydrogens is 272 g/mol. The standard InChI is InChI=1S/C19H26N2O/c1-5-21(6-2)18-12-22-20-19(18)16-10-8-14(4)15-9-7-13(3)11-17(15)16/h7,9,11-12,14,16H,5-6,8,10H2,1-4H3. The number of hydrogen-bond donors (Lipinski definition) is 0. The molecule has 0 radical (unpaired) electrons. The SMILES string of the molecule is CCN(CC)c1conc1C1CCC(C)c2ccc(C)cc21. The van der Waals surface area contributed by atoms with Gasteiger partial charge in [-0.25, -0.2) is 0 Å². The number of aromatic nitrogens is 1. The van der Waals surface area contributed by atoms with Gasteiger partial charge in [0.15, 0.2) is 0 Å². The van der Waals surface area contributed by atoms with Crippen molar-refractivity contribution < 1.29 is 4.52 Å². The van der Waals surface area contributed by atoms with E-state index in [4.69, 9.17) is 4.52 Å². The number of aryl methyl sites for hydroxylation is 1. The number of rotatable bonds is 4. The first-order chi connectivity index (χ1) is 10.7. The fourth-order valence-electron chi connectivity index (χ4n) is 3.74. The molecule has 0 amide bonds. The zero-order valence-corrected chi connectivity index (χ0v) is 14.1. The van der Waals surface area contributed by atoms with Gasteiger partial charge in [0.25, 0.3) is 0 Å². The molecule has 0 spiro atoms. The molecule has 0 aliphatic heterocycles. The Morgan fingerprint density at radius 1 is 1.18 bits per heavy atom. The zero-order chi connectivity index (χ0) is 15.7. The Kier molecular flexibility index (Phi) is 4.23. The minimum Gasteiger partial charge on any atom is -0.368 e. The van der Waals surface area contributed by atoms with Crippen molar-refractivity contribution in [2.75, 3.05) is 18.0 Å². The van der Waals surface area contributed by atoms with Gasteiger partial charge in [-0.05, 0) is 50.7 Å². The van der Waals surface area contributed by atoms with Crippen LogP contribution in [0, 0.1) is 6.92 Å². The summed E-state index contributed by atoms with van der Waals surface area (Å²) in [6.07, 6.45) is 4.18. The second-order valence-electron chi connectivity index (χ2n) is 6.42. The van der Waals surface area contributed by atoms with Gasteiger partial charge in [-0.2, -0.15) is 0 Å². The molecule has 1 aliphatic rings. The van der Waals surface area contributed by atoms with Crippen LogP contribution in [0.4, 0.5) is 5.69 Å². The van der Waals surface area contributed by atoms with Gasteiger partial charge in [-0.3, -0.25) is 0 Å². The average molecular weight is 298 g/mol. The van der Waals surface area contributed by atoms with E-state index in [2.05, 4.69) is 56.0 Å². The van der Waals surface area contributed by atoms with Crippen LogP contribution >= 0.6 is 0 Å². The largest absolute Gasteiger partial charge is 0.368 e. The molecule has 3 rings (SSSR count). The topological polar surface area (TPSA) is 29.3 Å². The molecule has 1 aliphatic carbocycles. The van der Waals surface area contributed by atoms with E-state index in [1.165, 1.54) is 23.1 Å². The maximum Gasteiger partial charge on any atom is 0.147 e. The van der Waals surface area contributed by atoms with Gasteiger partial charge in [-0.15, -0.1) is 0 Å². The third kappa shape index (κ3) is 2.53. The van der Waals surface area contributed by atoms with E-state index in [9.17, 15) is 0 Å². The van der Waals surface area contributed by atoms with Crippen LogP contribution < -0.4 is 4.90 Å². The maximum atomic E-state index is 5.36. The molecule has 2 atom stereocenters. The molecule has 0 saturated carbocycles. The minimum atomic E-state index is 0.362. The van der Waals surface area contributed by atoms with Crippen molar-refractivity contribution in [3.8, 4) is 0 Å². The van der Waals surface area contributed by atoms with E-state index in [-0.39, 0.29) is 0 Å². The molecule has 0 fully saturated rings. The van der Waals surface area contributed by atoms with Crippen LogP contribution in [0.2, 0.25) is 0 Å². The van der Waals surface area contributed by atoms with Gasteiger partial charge in [0.2, 0.25) is 0 Å². The number of benzene rings is 1. The summed E-state index contributed by atoms with van der Waals surface area (Å²) >= 11 is 0. The Balaban J connectivity index is 2.06. The van der Waals surface area contributed by atoms with Crippen LogP contribution in [-0.4, -0.2) is 18.2 Å². The summed E-state index contributed by atoms with van der Waals surface area (Å²) in [6.45, 7) is 10.8. The molecular formula is C19H26N2O. The van der Waals surface area contributed by atoms with Gasteiger partial charge in [-0.1, -0.05) is 35.8 Å². The quantitative estimate of drug-likeness (QED) is 0.807. The van der Waals surface area contributed by atoms with Crippen molar-refractivity contribution in [1.29, 1.82) is 0 Å². The summed E-state index contributed by atoms with van der Waals surface area (Å²) in [5, 5.41) is 4.39. The molecule has 2 unspecified atom stereocenters. The summed E-state index contributed by atoms with van der Waals surface area (Å²) in [4.78, 5) is 2.33. The van der Waals surface area contributed by atoms with Crippen LogP contribution in [0.5, 0.6) is 0 Å². The molecule has 1 aromatic carbocycles. The van der Waals surface area contributed by atoms with Crippen molar-refractivity contribution in [3.63, 3.8) is 0 Å². The summed E-state index contributed by atoms with van der Waals surface area (Å²) in [5.74, 6) is 0.996. The lowest BCUT2D eigenvalue weighted by Gasteiger charge is -2.31. The van der Waals surface area contributed by atoms with Crippen molar-refractivity contribution in [3.05, 3.63) is 46.8 Å². The second kappa shape index (κ2) is 6.15. The first-order valence-corrected chi connectivity index (χ1v) is 8.45. The second-order valence-corrected chi connectivity index (χ2v) is 6.42. The molecule has 0 N–H and O–H groups in total. The van der Waals surface area contributed by atoms with E-state index in [1.54, 1.807) is 0 Å². The Morgan fingerprint density at radius 2 is 1.95 bits per heavy atom. The Labute approximate surface area is 133 Å². The van der Waals surface area contributed by atoms with Crippen molar-refractivity contribution in [2.24, 2.45) is 0 Å². The molecule has 3 nitrogen and oxygen atoms in total. The minimum absolute atomic E-state index is 0.362. The molecule has 22 heavy (non-hydrogen) atoms. The molecule has 2 aromatic rings. The summed E-state index contributed by atoms with van der Waals surface area (Å²) in [7, 11) is 0. The number of anilines is 1. The first kappa shape index (κ1) is 15.1. The van der Waals surface area contributed by atoms with Crippen LogP contribution in [0.25, 0.3) is 0 Å². The summed E-state index contributed by atoms with van der Waals surface area (Å²) < 4.78 is 5.36. The molecule has 3 heteroatoms. The van der Waals surface area contributed by atoms with Crippen LogP contribution in [0.1, 0.15) is 67.8 Å². The van der Waals surface area contributed by atoms with E-state index in [1.807, 2.05) is 6.26 Å². The zero-order valence-electron chi connectivity index (χ0n) is 14.1. The van der Waals surface area contributed by atoms with Gasteiger partial charge in [0.1, 0.15) is 17.6 Å². The van der Waals surface area contributed by atoms with Crippen molar-refractivity contribution >= 4 is 5.69 Å². The summed E-state index contributed by atoms with van der Waals surface area (Å²) in [5.41, 5.74) is 6.53. The molecule has 0 saturated heterocycles. The van der Waals surface area contributed by atoms with Crippen LogP contribution in [-0.2, 0) is 0 Å². The third-order valence-corrected chi connectivity index (χ3v) is 5.05. The first-order valence-electron chi connectivity index (χ1n) is 8.45. The van der Waals surface area contributed by atoms with Gasteiger partial charge in [0.05, 0.1) is 0 Å². The van der Waals surface area contributed by atoms with Crippen molar-refractivity contribution in [2.45, 2.75) is 52.4 Å². The number of nitrogens with zero attached hydrogens (tertiary/aromatic N) is 2. The molecule has 1 heterocycles. The highest BCUT2D eigenvalue weighted by atomic mass is 16.5. The van der Waals surface area contributed by atoms with Crippen molar-refractivity contribution in [1.82, 2.24) is 5.16 Å². The third-order valence-electron chi connectivity index (χ3n) is 5.05. The highest BCUT2D eigenvalue weighted by molar-refractivity contribution is 5.54. The molecule has 1 aromatic heterocycles. The maximum absolute atomic E-state index is 5.36. The Hall–Kier alpha value is -1.77. The van der Waals surface area contributed by atoms with E-state index >= 15 is 0 Å².